The van der Waals surface area contributed by atoms with Gasteiger partial charge in [0.05, 0.1) is 17.9 Å². The molecule has 2 atom stereocenters. The Bertz CT molecular complexity index is 412. The van der Waals surface area contributed by atoms with Gasteiger partial charge in [-0.25, -0.2) is 0 Å². The van der Waals surface area contributed by atoms with Crippen LogP contribution >= 0.6 is 0 Å². The van der Waals surface area contributed by atoms with Crippen molar-refractivity contribution < 1.29 is 4.74 Å². The summed E-state index contributed by atoms with van der Waals surface area (Å²) in [6.07, 6.45) is 2.48. The number of ether oxygens (including phenoxy) is 1. The molecule has 1 N–H and O–H groups in total. The molecule has 1 aromatic rings. The molecule has 0 spiro atoms. The van der Waals surface area contributed by atoms with E-state index in [4.69, 9.17) is 4.74 Å². The van der Waals surface area contributed by atoms with E-state index in [9.17, 15) is 0 Å². The zero-order valence-electron chi connectivity index (χ0n) is 13.1. The van der Waals surface area contributed by atoms with Gasteiger partial charge < -0.3 is 15.0 Å². The van der Waals surface area contributed by atoms with Crippen LogP contribution in [0.1, 0.15) is 33.4 Å². The zero-order valence-corrected chi connectivity index (χ0v) is 13.1. The molecule has 0 amide bonds. The largest absolute Gasteiger partial charge is 0.372 e. The van der Waals surface area contributed by atoms with Crippen molar-refractivity contribution >= 4 is 5.69 Å². The Kier molecular flexibility index (Phi) is 5.38. The van der Waals surface area contributed by atoms with Gasteiger partial charge in [0.25, 0.3) is 0 Å². The summed E-state index contributed by atoms with van der Waals surface area (Å²) >= 11 is 0. The highest BCUT2D eigenvalue weighted by atomic mass is 16.5. The van der Waals surface area contributed by atoms with Crippen molar-refractivity contribution in [2.45, 2.75) is 46.4 Å². The van der Waals surface area contributed by atoms with Crippen LogP contribution in [0.3, 0.4) is 0 Å². The van der Waals surface area contributed by atoms with Crippen LogP contribution in [0.4, 0.5) is 5.69 Å². The van der Waals surface area contributed by atoms with Crippen molar-refractivity contribution in [3.8, 4) is 0 Å². The molecule has 0 saturated carbocycles. The maximum absolute atomic E-state index is 5.79. The van der Waals surface area contributed by atoms with Crippen LogP contribution in [0, 0.1) is 5.92 Å². The lowest BCUT2D eigenvalue weighted by atomic mass is 10.2. The van der Waals surface area contributed by atoms with E-state index >= 15 is 0 Å². The van der Waals surface area contributed by atoms with Crippen molar-refractivity contribution in [3.05, 3.63) is 24.0 Å². The molecule has 2 heterocycles. The number of aromatic nitrogens is 1. The lowest BCUT2D eigenvalue weighted by molar-refractivity contribution is -0.00522. The van der Waals surface area contributed by atoms with E-state index in [1.807, 2.05) is 6.20 Å². The highest BCUT2D eigenvalue weighted by molar-refractivity contribution is 5.47. The third-order valence-electron chi connectivity index (χ3n) is 3.44. The van der Waals surface area contributed by atoms with Gasteiger partial charge in [0.2, 0.25) is 0 Å². The van der Waals surface area contributed by atoms with Crippen LogP contribution in [-0.4, -0.2) is 36.8 Å². The molecule has 0 bridgehead atoms. The number of rotatable bonds is 5. The molecule has 1 aromatic heterocycles. The van der Waals surface area contributed by atoms with Gasteiger partial charge >= 0.3 is 0 Å². The lowest BCUT2D eigenvalue weighted by Crippen LogP contribution is -2.45. The second-order valence-electron chi connectivity index (χ2n) is 6.19. The number of hydrogen-bond donors (Lipinski definition) is 1. The first kappa shape index (κ1) is 15.3. The molecule has 1 fully saturated rings. The Balaban J connectivity index is 1.98. The van der Waals surface area contributed by atoms with Crippen LogP contribution < -0.4 is 10.2 Å². The topological polar surface area (TPSA) is 37.4 Å². The fourth-order valence-corrected chi connectivity index (χ4v) is 2.64. The Hall–Kier alpha value is -1.13. The summed E-state index contributed by atoms with van der Waals surface area (Å²) in [5.41, 5.74) is 2.36. The van der Waals surface area contributed by atoms with E-state index < -0.39 is 0 Å². The number of nitrogens with zero attached hydrogens (tertiary/aromatic N) is 2. The normalized spacial score (nSPS) is 23.4. The fourth-order valence-electron chi connectivity index (χ4n) is 2.64. The van der Waals surface area contributed by atoms with E-state index in [0.717, 1.165) is 31.9 Å². The highest BCUT2D eigenvalue weighted by Gasteiger charge is 2.22. The molecule has 2 rings (SSSR count). The first-order valence-electron chi connectivity index (χ1n) is 7.60. The molecule has 4 heteroatoms. The number of hydrogen-bond acceptors (Lipinski definition) is 4. The smallest absolute Gasteiger partial charge is 0.0726 e. The molecule has 20 heavy (non-hydrogen) atoms. The van der Waals surface area contributed by atoms with E-state index in [-0.39, 0.29) is 12.2 Å². The predicted octanol–water partition coefficient (Wildman–Crippen LogP) is 2.44. The van der Waals surface area contributed by atoms with Gasteiger partial charge in [-0.05, 0) is 38.4 Å². The standard InChI is InChI=1S/C16H27N3O/c1-12(2)8-17-9-15-7-16(5-6-18-15)19-10-13(3)20-14(4)11-19/h5-7,12-14,17H,8-11H2,1-4H3. The zero-order chi connectivity index (χ0) is 14.5. The van der Waals surface area contributed by atoms with E-state index in [0.29, 0.717) is 5.92 Å². The maximum atomic E-state index is 5.79. The average Bonchev–Trinajstić information content (AvgIpc) is 2.37. The summed E-state index contributed by atoms with van der Waals surface area (Å²) in [7, 11) is 0. The summed E-state index contributed by atoms with van der Waals surface area (Å²) in [6, 6.07) is 4.29. The Morgan fingerprint density at radius 1 is 1.35 bits per heavy atom. The Morgan fingerprint density at radius 2 is 2.05 bits per heavy atom. The Morgan fingerprint density at radius 3 is 2.70 bits per heavy atom. The first-order valence-corrected chi connectivity index (χ1v) is 7.60. The fraction of sp³-hybridized carbons (Fsp3) is 0.688. The Labute approximate surface area is 122 Å². The third-order valence-corrected chi connectivity index (χ3v) is 3.44. The molecule has 1 aliphatic rings. The van der Waals surface area contributed by atoms with Crippen LogP contribution in [0.2, 0.25) is 0 Å². The second-order valence-corrected chi connectivity index (χ2v) is 6.19. The molecule has 1 saturated heterocycles. The third kappa shape index (κ3) is 4.46. The average molecular weight is 277 g/mol. The van der Waals surface area contributed by atoms with Gasteiger partial charge in [0.1, 0.15) is 0 Å². The minimum Gasteiger partial charge on any atom is -0.372 e. The molecule has 0 radical (unpaired) electrons. The molecule has 4 nitrogen and oxygen atoms in total. The van der Waals surface area contributed by atoms with Gasteiger partial charge in [-0.1, -0.05) is 13.8 Å². The molecular weight excluding hydrogens is 250 g/mol. The summed E-state index contributed by atoms with van der Waals surface area (Å²) < 4.78 is 5.79. The molecule has 112 valence electrons. The van der Waals surface area contributed by atoms with E-state index in [2.05, 4.69) is 55.0 Å². The number of morpholine rings is 1. The van der Waals surface area contributed by atoms with Crippen LogP contribution in [0.15, 0.2) is 18.3 Å². The van der Waals surface area contributed by atoms with Crippen molar-refractivity contribution in [2.24, 2.45) is 5.92 Å². The van der Waals surface area contributed by atoms with Crippen LogP contribution in [-0.2, 0) is 11.3 Å². The number of pyridine rings is 1. The van der Waals surface area contributed by atoms with Gasteiger partial charge in [-0.2, -0.15) is 0 Å². The number of nitrogens with one attached hydrogen (secondary N) is 1. The van der Waals surface area contributed by atoms with Gasteiger partial charge in [-0.15, -0.1) is 0 Å². The summed E-state index contributed by atoms with van der Waals surface area (Å²) in [6.45, 7) is 12.5. The highest BCUT2D eigenvalue weighted by Crippen LogP contribution is 2.20. The molecule has 1 aliphatic heterocycles. The number of anilines is 1. The van der Waals surface area contributed by atoms with Gasteiger partial charge in [-0.3, -0.25) is 4.98 Å². The molecule has 0 aliphatic carbocycles. The van der Waals surface area contributed by atoms with Gasteiger partial charge in [0, 0.05) is 31.5 Å². The summed E-state index contributed by atoms with van der Waals surface area (Å²) in [4.78, 5) is 6.84. The minimum atomic E-state index is 0.287. The van der Waals surface area contributed by atoms with Crippen molar-refractivity contribution in [1.82, 2.24) is 10.3 Å². The van der Waals surface area contributed by atoms with Crippen LogP contribution in [0.25, 0.3) is 0 Å². The molecule has 0 aromatic carbocycles. The van der Waals surface area contributed by atoms with E-state index in [1.54, 1.807) is 0 Å². The van der Waals surface area contributed by atoms with Gasteiger partial charge in [0.15, 0.2) is 0 Å². The van der Waals surface area contributed by atoms with Crippen molar-refractivity contribution in [1.29, 1.82) is 0 Å². The maximum Gasteiger partial charge on any atom is 0.0726 e. The molecular formula is C16H27N3O. The summed E-state index contributed by atoms with van der Waals surface area (Å²) in [5, 5.41) is 3.44. The quantitative estimate of drug-likeness (QED) is 0.897. The second kappa shape index (κ2) is 7.04. The van der Waals surface area contributed by atoms with E-state index in [1.165, 1.54) is 5.69 Å². The first-order chi connectivity index (χ1) is 9.54. The predicted molar refractivity (Wildman–Crippen MR) is 83.0 cm³/mol. The van der Waals surface area contributed by atoms with Crippen molar-refractivity contribution in [3.63, 3.8) is 0 Å². The monoisotopic (exact) mass is 277 g/mol. The van der Waals surface area contributed by atoms with Crippen molar-refractivity contribution in [2.75, 3.05) is 24.5 Å². The SMILES string of the molecule is CC(C)CNCc1cc(N2CC(C)OC(C)C2)ccn1. The minimum absolute atomic E-state index is 0.287. The summed E-state index contributed by atoms with van der Waals surface area (Å²) in [5.74, 6) is 0.666. The van der Waals surface area contributed by atoms with Crippen LogP contribution in [0.5, 0.6) is 0 Å². The lowest BCUT2D eigenvalue weighted by Gasteiger charge is -2.36. The molecule has 2 unspecified atom stereocenters.